The summed E-state index contributed by atoms with van der Waals surface area (Å²) in [5, 5.41) is 14.2. The number of hydrogen-bond acceptors (Lipinski definition) is 2. The zero-order valence-electron chi connectivity index (χ0n) is 10.4. The average molecular weight is 260 g/mol. The molecule has 4 heteroatoms. The third kappa shape index (κ3) is 2.12. The van der Waals surface area contributed by atoms with Gasteiger partial charge in [0.2, 0.25) is 0 Å². The Morgan fingerprint density at radius 3 is 2.72 bits per heavy atom. The molecule has 2 aromatic rings. The molecule has 0 bridgehead atoms. The monoisotopic (exact) mass is 259 g/mol. The van der Waals surface area contributed by atoms with Crippen molar-refractivity contribution in [3.05, 3.63) is 46.2 Å². The van der Waals surface area contributed by atoms with Gasteiger partial charge in [-0.25, -0.2) is 4.68 Å². The quantitative estimate of drug-likeness (QED) is 0.846. The Bertz CT molecular complexity index is 608. The van der Waals surface area contributed by atoms with Gasteiger partial charge in [-0.2, -0.15) is 10.4 Å². The van der Waals surface area contributed by atoms with Crippen molar-refractivity contribution in [3.8, 4) is 11.8 Å². The molecule has 0 fully saturated rings. The first kappa shape index (κ1) is 12.7. The minimum absolute atomic E-state index is 0.464. The molecule has 0 aliphatic carbocycles. The number of nitriles is 1. The van der Waals surface area contributed by atoms with Crippen molar-refractivity contribution in [1.82, 2.24) is 9.78 Å². The van der Waals surface area contributed by atoms with Gasteiger partial charge < -0.3 is 0 Å². The third-order valence-electron chi connectivity index (χ3n) is 2.89. The topological polar surface area (TPSA) is 41.6 Å². The minimum Gasteiger partial charge on any atom is -0.236 e. The van der Waals surface area contributed by atoms with E-state index in [1.165, 1.54) is 0 Å². The molecule has 0 radical (unpaired) electrons. The first-order chi connectivity index (χ1) is 8.71. The molecule has 0 saturated heterocycles. The zero-order valence-corrected chi connectivity index (χ0v) is 11.2. The van der Waals surface area contributed by atoms with Crippen molar-refractivity contribution >= 4 is 11.6 Å². The van der Waals surface area contributed by atoms with Gasteiger partial charge in [0.05, 0.1) is 22.0 Å². The molecule has 0 amide bonds. The predicted octanol–water partition coefficient (Wildman–Crippen LogP) is 3.52. The van der Waals surface area contributed by atoms with Gasteiger partial charge in [-0.05, 0) is 31.0 Å². The lowest BCUT2D eigenvalue weighted by Crippen LogP contribution is -2.04. The van der Waals surface area contributed by atoms with Gasteiger partial charge in [-0.1, -0.05) is 31.5 Å². The van der Waals surface area contributed by atoms with E-state index >= 15 is 0 Å². The summed E-state index contributed by atoms with van der Waals surface area (Å²) in [7, 11) is 0. The molecule has 0 atom stereocenters. The van der Waals surface area contributed by atoms with E-state index in [1.54, 1.807) is 6.07 Å². The molecule has 0 N–H and O–H groups in total. The molecule has 1 aromatic heterocycles. The second kappa shape index (κ2) is 5.24. The van der Waals surface area contributed by atoms with Crippen molar-refractivity contribution in [2.75, 3.05) is 0 Å². The van der Waals surface area contributed by atoms with Gasteiger partial charge >= 0.3 is 0 Å². The molecule has 3 nitrogen and oxygen atoms in total. The number of rotatable bonds is 3. The highest BCUT2D eigenvalue weighted by Crippen LogP contribution is 2.23. The van der Waals surface area contributed by atoms with Crippen molar-refractivity contribution in [3.63, 3.8) is 0 Å². The normalized spacial score (nSPS) is 10.3. The van der Waals surface area contributed by atoms with Crippen LogP contribution in [0.15, 0.2) is 24.3 Å². The minimum atomic E-state index is 0.464. The van der Waals surface area contributed by atoms with Crippen molar-refractivity contribution < 1.29 is 0 Å². The molecule has 0 aliphatic heterocycles. The fourth-order valence-electron chi connectivity index (χ4n) is 1.91. The number of benzene rings is 1. The fraction of sp³-hybridized carbons (Fsp3) is 0.286. The van der Waals surface area contributed by atoms with Crippen LogP contribution in [0.3, 0.4) is 0 Å². The Hall–Kier alpha value is -1.79. The number of aryl methyl sites for hydroxylation is 2. The largest absolute Gasteiger partial charge is 0.236 e. The average Bonchev–Trinajstić information content (AvgIpc) is 2.81. The molecule has 0 saturated carbocycles. The highest BCUT2D eigenvalue weighted by Gasteiger charge is 2.13. The lowest BCUT2D eigenvalue weighted by Gasteiger charge is -2.08. The van der Waals surface area contributed by atoms with Crippen LogP contribution in [0.5, 0.6) is 0 Å². The van der Waals surface area contributed by atoms with E-state index in [0.29, 0.717) is 10.6 Å². The van der Waals surface area contributed by atoms with Crippen LogP contribution in [0.25, 0.3) is 5.69 Å². The molecule has 0 aliphatic rings. The molecular formula is C14H14ClN3. The number of nitrogens with zero attached hydrogens (tertiary/aromatic N) is 3. The second-order valence-electron chi connectivity index (χ2n) is 3.99. The molecule has 1 aromatic carbocycles. The van der Waals surface area contributed by atoms with Crippen LogP contribution in [-0.4, -0.2) is 9.78 Å². The zero-order chi connectivity index (χ0) is 13.1. The van der Waals surface area contributed by atoms with E-state index in [-0.39, 0.29) is 0 Å². The van der Waals surface area contributed by atoms with E-state index in [1.807, 2.05) is 16.8 Å². The van der Waals surface area contributed by atoms with Gasteiger partial charge in [0.15, 0.2) is 0 Å². The molecule has 92 valence electrons. The maximum Gasteiger partial charge on any atom is 0.103 e. The van der Waals surface area contributed by atoms with Gasteiger partial charge in [-0.3, -0.25) is 0 Å². The molecule has 18 heavy (non-hydrogen) atoms. The maximum atomic E-state index is 9.21. The summed E-state index contributed by atoms with van der Waals surface area (Å²) in [5.74, 6) is 0. The van der Waals surface area contributed by atoms with E-state index in [2.05, 4.69) is 31.1 Å². The van der Waals surface area contributed by atoms with E-state index in [9.17, 15) is 5.26 Å². The Morgan fingerprint density at radius 1 is 1.33 bits per heavy atom. The van der Waals surface area contributed by atoms with E-state index in [0.717, 1.165) is 29.9 Å². The Kier molecular flexibility index (Phi) is 3.69. The van der Waals surface area contributed by atoms with Crippen LogP contribution >= 0.6 is 11.6 Å². The summed E-state index contributed by atoms with van der Waals surface area (Å²) in [4.78, 5) is 0. The summed E-state index contributed by atoms with van der Waals surface area (Å²) in [6, 6.07) is 9.65. The molecule has 0 spiro atoms. The summed E-state index contributed by atoms with van der Waals surface area (Å²) in [6.07, 6.45) is 1.74. The fourth-order valence-corrected chi connectivity index (χ4v) is 2.12. The van der Waals surface area contributed by atoms with Crippen molar-refractivity contribution in [1.29, 1.82) is 5.26 Å². The second-order valence-corrected chi connectivity index (χ2v) is 4.40. The van der Waals surface area contributed by atoms with Gasteiger partial charge in [0.1, 0.15) is 6.07 Å². The Labute approximate surface area is 112 Å². The van der Waals surface area contributed by atoms with Crippen LogP contribution in [0.1, 0.15) is 30.8 Å². The first-order valence-electron chi connectivity index (χ1n) is 5.98. The van der Waals surface area contributed by atoms with Crippen LogP contribution in [0.4, 0.5) is 0 Å². The lowest BCUT2D eigenvalue weighted by atomic mass is 10.2. The standard InChI is InChI=1S/C14H14ClN3/c1-3-10-8-11(4-2)18(17-10)14-7-5-6-13(15)12(14)9-16/h5-8H,3-4H2,1-2H3. The summed E-state index contributed by atoms with van der Waals surface area (Å²) in [5.41, 5.74) is 3.34. The summed E-state index contributed by atoms with van der Waals surface area (Å²) < 4.78 is 1.82. The smallest absolute Gasteiger partial charge is 0.103 e. The lowest BCUT2D eigenvalue weighted by molar-refractivity contribution is 0.792. The summed E-state index contributed by atoms with van der Waals surface area (Å²) >= 11 is 6.05. The SMILES string of the molecule is CCc1cc(CC)n(-c2cccc(Cl)c2C#N)n1. The van der Waals surface area contributed by atoms with Gasteiger partial charge in [0.25, 0.3) is 0 Å². The highest BCUT2D eigenvalue weighted by atomic mass is 35.5. The maximum absolute atomic E-state index is 9.21. The number of aromatic nitrogens is 2. The molecule has 2 rings (SSSR count). The van der Waals surface area contributed by atoms with Gasteiger partial charge in [0, 0.05) is 5.69 Å². The van der Waals surface area contributed by atoms with E-state index < -0.39 is 0 Å². The Balaban J connectivity index is 2.65. The van der Waals surface area contributed by atoms with E-state index in [4.69, 9.17) is 11.6 Å². The van der Waals surface area contributed by atoms with Crippen LogP contribution < -0.4 is 0 Å². The third-order valence-corrected chi connectivity index (χ3v) is 3.20. The number of hydrogen-bond donors (Lipinski definition) is 0. The van der Waals surface area contributed by atoms with Gasteiger partial charge in [-0.15, -0.1) is 0 Å². The van der Waals surface area contributed by atoms with Crippen LogP contribution in [0, 0.1) is 11.3 Å². The first-order valence-corrected chi connectivity index (χ1v) is 6.35. The predicted molar refractivity (Wildman–Crippen MR) is 72.0 cm³/mol. The molecular weight excluding hydrogens is 246 g/mol. The number of halogens is 1. The van der Waals surface area contributed by atoms with Crippen molar-refractivity contribution in [2.45, 2.75) is 26.7 Å². The Morgan fingerprint density at radius 2 is 2.11 bits per heavy atom. The van der Waals surface area contributed by atoms with Crippen molar-refractivity contribution in [2.24, 2.45) is 0 Å². The molecule has 1 heterocycles. The van der Waals surface area contributed by atoms with Crippen LogP contribution in [-0.2, 0) is 12.8 Å². The highest BCUT2D eigenvalue weighted by molar-refractivity contribution is 6.32. The summed E-state index contributed by atoms with van der Waals surface area (Å²) in [6.45, 7) is 4.14. The molecule has 0 unspecified atom stereocenters. The van der Waals surface area contributed by atoms with Crippen LogP contribution in [0.2, 0.25) is 5.02 Å².